The van der Waals surface area contributed by atoms with Gasteiger partial charge in [-0.05, 0) is 48.0 Å². The van der Waals surface area contributed by atoms with Crippen molar-refractivity contribution in [2.75, 3.05) is 0 Å². The zero-order valence-electron chi connectivity index (χ0n) is 16.0. The lowest BCUT2D eigenvalue weighted by atomic mass is 10.1. The molecule has 0 saturated heterocycles. The fraction of sp³-hybridized carbons (Fsp3) is 0.0417. The summed E-state index contributed by atoms with van der Waals surface area (Å²) in [6.45, 7) is 0.319. The van der Waals surface area contributed by atoms with Gasteiger partial charge < -0.3 is 10.1 Å². The lowest BCUT2D eigenvalue weighted by molar-refractivity contribution is -0.116. The SMILES string of the molecule is O=C(/C=C/c1cccc2cccnc12)NCc1ccnc(Oc2ccc(F)cc2)c1. The number of nitrogens with zero attached hydrogens (tertiary/aromatic N) is 2. The maximum absolute atomic E-state index is 13.0. The highest BCUT2D eigenvalue weighted by molar-refractivity contribution is 5.95. The molecule has 2 aromatic heterocycles. The normalized spacial score (nSPS) is 11.0. The third-order valence-corrected chi connectivity index (χ3v) is 4.38. The van der Waals surface area contributed by atoms with Crippen molar-refractivity contribution in [1.29, 1.82) is 0 Å². The first-order valence-electron chi connectivity index (χ1n) is 9.35. The monoisotopic (exact) mass is 399 g/mol. The van der Waals surface area contributed by atoms with Gasteiger partial charge in [-0.2, -0.15) is 0 Å². The molecule has 0 unspecified atom stereocenters. The molecule has 4 aromatic rings. The Labute approximate surface area is 172 Å². The summed E-state index contributed by atoms with van der Waals surface area (Å²) < 4.78 is 18.6. The zero-order valence-corrected chi connectivity index (χ0v) is 16.0. The summed E-state index contributed by atoms with van der Waals surface area (Å²) in [5.74, 6) is 0.294. The van der Waals surface area contributed by atoms with Crippen LogP contribution in [0.1, 0.15) is 11.1 Å². The first kappa shape index (κ1) is 19.3. The van der Waals surface area contributed by atoms with Crippen LogP contribution in [0.25, 0.3) is 17.0 Å². The number of ether oxygens (including phenoxy) is 1. The van der Waals surface area contributed by atoms with Crippen LogP contribution in [0, 0.1) is 5.82 Å². The minimum atomic E-state index is -0.334. The predicted octanol–water partition coefficient (Wildman–Crippen LogP) is 4.89. The number of hydrogen-bond donors (Lipinski definition) is 1. The van der Waals surface area contributed by atoms with E-state index in [1.807, 2.05) is 30.3 Å². The number of halogens is 1. The van der Waals surface area contributed by atoms with Crippen LogP contribution < -0.4 is 10.1 Å². The number of carbonyl (C=O) groups is 1. The summed E-state index contributed by atoms with van der Waals surface area (Å²) >= 11 is 0. The Hall–Kier alpha value is -4.06. The van der Waals surface area contributed by atoms with Crippen LogP contribution in [0.4, 0.5) is 4.39 Å². The van der Waals surface area contributed by atoms with Crippen molar-refractivity contribution in [1.82, 2.24) is 15.3 Å². The summed E-state index contributed by atoms with van der Waals surface area (Å²) in [7, 11) is 0. The van der Waals surface area contributed by atoms with Crippen molar-refractivity contribution < 1.29 is 13.9 Å². The molecule has 0 aliphatic rings. The number of fused-ring (bicyclic) bond motifs is 1. The Morgan fingerprint density at radius 3 is 2.70 bits per heavy atom. The predicted molar refractivity (Wildman–Crippen MR) is 113 cm³/mol. The summed E-state index contributed by atoms with van der Waals surface area (Å²) in [6.07, 6.45) is 6.56. The van der Waals surface area contributed by atoms with Gasteiger partial charge in [-0.15, -0.1) is 0 Å². The molecule has 0 saturated carbocycles. The summed E-state index contributed by atoms with van der Waals surface area (Å²) in [4.78, 5) is 20.7. The number of aromatic nitrogens is 2. The summed E-state index contributed by atoms with van der Waals surface area (Å²) in [5, 5.41) is 3.86. The van der Waals surface area contributed by atoms with Gasteiger partial charge >= 0.3 is 0 Å². The Morgan fingerprint density at radius 1 is 1.00 bits per heavy atom. The first-order valence-corrected chi connectivity index (χ1v) is 9.35. The van der Waals surface area contributed by atoms with Gasteiger partial charge in [0.1, 0.15) is 11.6 Å². The highest BCUT2D eigenvalue weighted by Gasteiger charge is 2.03. The zero-order chi connectivity index (χ0) is 20.8. The van der Waals surface area contributed by atoms with Gasteiger partial charge in [-0.3, -0.25) is 9.78 Å². The van der Waals surface area contributed by atoms with Crippen molar-refractivity contribution >= 4 is 22.9 Å². The number of para-hydroxylation sites is 1. The van der Waals surface area contributed by atoms with Gasteiger partial charge in [0.15, 0.2) is 0 Å². The summed E-state index contributed by atoms with van der Waals surface area (Å²) in [6, 6.07) is 18.9. The van der Waals surface area contributed by atoms with Crippen molar-refractivity contribution in [2.45, 2.75) is 6.54 Å². The summed E-state index contributed by atoms with van der Waals surface area (Å²) in [5.41, 5.74) is 2.55. The lowest BCUT2D eigenvalue weighted by Gasteiger charge is -2.07. The van der Waals surface area contributed by atoms with Crippen molar-refractivity contribution in [3.8, 4) is 11.6 Å². The van der Waals surface area contributed by atoms with E-state index < -0.39 is 0 Å². The fourth-order valence-electron chi connectivity index (χ4n) is 2.92. The highest BCUT2D eigenvalue weighted by Crippen LogP contribution is 2.20. The fourth-order valence-corrected chi connectivity index (χ4v) is 2.92. The van der Waals surface area contributed by atoms with E-state index in [-0.39, 0.29) is 11.7 Å². The van der Waals surface area contributed by atoms with E-state index in [2.05, 4.69) is 15.3 Å². The standard InChI is InChI=1S/C24H18FN3O2/c25-20-7-9-21(10-8-20)30-23-15-17(12-14-26-23)16-28-22(29)11-6-19-4-1-3-18-5-2-13-27-24(18)19/h1-15H,16H2,(H,28,29)/b11-6+. The van der Waals surface area contributed by atoms with Gasteiger partial charge in [-0.1, -0.05) is 24.3 Å². The number of pyridine rings is 2. The second-order valence-corrected chi connectivity index (χ2v) is 6.53. The van der Waals surface area contributed by atoms with Crippen molar-refractivity contribution in [3.63, 3.8) is 0 Å². The molecule has 0 atom stereocenters. The molecule has 6 heteroatoms. The van der Waals surface area contributed by atoms with Crippen LogP contribution in [0.2, 0.25) is 0 Å². The molecule has 0 radical (unpaired) electrons. The molecule has 0 aliphatic carbocycles. The Morgan fingerprint density at radius 2 is 1.83 bits per heavy atom. The molecule has 0 spiro atoms. The Bertz CT molecular complexity index is 1200. The molecule has 2 heterocycles. The molecule has 2 aromatic carbocycles. The minimum absolute atomic E-state index is 0.222. The molecule has 1 amide bonds. The smallest absolute Gasteiger partial charge is 0.244 e. The number of benzene rings is 2. The second kappa shape index (κ2) is 8.96. The largest absolute Gasteiger partial charge is 0.439 e. The van der Waals surface area contributed by atoms with Crippen LogP contribution in [0.15, 0.2) is 85.2 Å². The molecule has 1 N–H and O–H groups in total. The van der Waals surface area contributed by atoms with E-state index >= 15 is 0 Å². The quantitative estimate of drug-likeness (QED) is 0.469. The number of carbonyl (C=O) groups excluding carboxylic acids is 1. The van der Waals surface area contributed by atoms with Gasteiger partial charge in [0.2, 0.25) is 11.8 Å². The average Bonchev–Trinajstić information content (AvgIpc) is 2.78. The molecular weight excluding hydrogens is 381 g/mol. The maximum Gasteiger partial charge on any atom is 0.244 e. The molecule has 0 bridgehead atoms. The van der Waals surface area contributed by atoms with Gasteiger partial charge in [-0.25, -0.2) is 9.37 Å². The van der Waals surface area contributed by atoms with Crippen LogP contribution in [0.3, 0.4) is 0 Å². The third-order valence-electron chi connectivity index (χ3n) is 4.38. The number of rotatable bonds is 6. The van der Waals surface area contributed by atoms with E-state index in [1.54, 1.807) is 30.6 Å². The van der Waals surface area contributed by atoms with Crippen molar-refractivity contribution in [2.24, 2.45) is 0 Å². The topological polar surface area (TPSA) is 64.1 Å². The molecular formula is C24H18FN3O2. The van der Waals surface area contributed by atoms with E-state index in [1.165, 1.54) is 30.3 Å². The molecule has 5 nitrogen and oxygen atoms in total. The molecule has 0 fully saturated rings. The van der Waals surface area contributed by atoms with Gasteiger partial charge in [0.05, 0.1) is 5.52 Å². The molecule has 30 heavy (non-hydrogen) atoms. The third kappa shape index (κ3) is 4.86. The second-order valence-electron chi connectivity index (χ2n) is 6.53. The average molecular weight is 399 g/mol. The van der Waals surface area contributed by atoms with Crippen LogP contribution in [0.5, 0.6) is 11.6 Å². The number of hydrogen-bond acceptors (Lipinski definition) is 4. The molecule has 4 rings (SSSR count). The van der Waals surface area contributed by atoms with E-state index in [0.717, 1.165) is 22.0 Å². The lowest BCUT2D eigenvalue weighted by Crippen LogP contribution is -2.20. The van der Waals surface area contributed by atoms with Crippen LogP contribution >= 0.6 is 0 Å². The van der Waals surface area contributed by atoms with E-state index in [4.69, 9.17) is 4.74 Å². The molecule has 0 aliphatic heterocycles. The number of nitrogens with one attached hydrogen (secondary N) is 1. The Kier molecular flexibility index (Phi) is 5.75. The molecule has 148 valence electrons. The van der Waals surface area contributed by atoms with E-state index in [9.17, 15) is 9.18 Å². The highest BCUT2D eigenvalue weighted by atomic mass is 19.1. The van der Waals surface area contributed by atoms with Gasteiger partial charge in [0.25, 0.3) is 0 Å². The van der Waals surface area contributed by atoms with Crippen LogP contribution in [-0.2, 0) is 11.3 Å². The number of amides is 1. The van der Waals surface area contributed by atoms with Gasteiger partial charge in [0, 0.05) is 42.0 Å². The van der Waals surface area contributed by atoms with Crippen LogP contribution in [-0.4, -0.2) is 15.9 Å². The van der Waals surface area contributed by atoms with Crippen molar-refractivity contribution in [3.05, 3.63) is 102 Å². The Balaban J connectivity index is 1.38. The first-order chi connectivity index (χ1) is 14.7. The van der Waals surface area contributed by atoms with E-state index in [0.29, 0.717) is 18.2 Å². The minimum Gasteiger partial charge on any atom is -0.439 e. The maximum atomic E-state index is 13.0.